The quantitative estimate of drug-likeness (QED) is 0.508. The topological polar surface area (TPSA) is 0 Å². The molecule has 1 aliphatic rings. The monoisotopic (exact) mass is 385 g/mol. The van der Waals surface area contributed by atoms with E-state index in [0.29, 0.717) is 12.2 Å². The maximum absolute atomic E-state index is 15.1. The average Bonchev–Trinajstić information content (AvgIpc) is 2.43. The van der Waals surface area contributed by atoms with Crippen LogP contribution in [0.4, 0.5) is 30.7 Å². The molecule has 2 rings (SSSR count). The van der Waals surface area contributed by atoms with Gasteiger partial charge < -0.3 is 0 Å². The molecule has 1 radical (unpaired) electrons. The first kappa shape index (κ1) is 19.8. The fourth-order valence-electron chi connectivity index (χ4n) is 3.17. The van der Waals surface area contributed by atoms with Crippen molar-refractivity contribution in [3.05, 3.63) is 64.6 Å². The molecular weight excluding hydrogens is 373 g/mol. The number of halogens is 8. The maximum atomic E-state index is 15.1. The first-order chi connectivity index (χ1) is 11.3. The Hall–Kier alpha value is -1.50. The Balaban J connectivity index is 3.00. The minimum Gasteiger partial charge on any atom is -0.222 e. The standard InChI is InChI=1S/C17H13ClF7/c1-10-7-11(2)9-14(8-10,12-5-3-4-6-13(12)18)15(19,16(20,21)22)17(23,24)25/h3-9H,1-2H3. The van der Waals surface area contributed by atoms with E-state index in [4.69, 9.17) is 11.6 Å². The van der Waals surface area contributed by atoms with Gasteiger partial charge in [0, 0.05) is 11.4 Å². The summed E-state index contributed by atoms with van der Waals surface area (Å²) in [5.74, 6) is 0. The van der Waals surface area contributed by atoms with Crippen LogP contribution in [0.15, 0.2) is 47.6 Å². The van der Waals surface area contributed by atoms with Gasteiger partial charge in [-0.25, -0.2) is 4.39 Å². The van der Waals surface area contributed by atoms with Crippen molar-refractivity contribution in [3.8, 4) is 0 Å². The second-order valence-corrected chi connectivity index (χ2v) is 6.33. The number of allylic oxidation sites excluding steroid dienone is 4. The lowest BCUT2D eigenvalue weighted by molar-refractivity contribution is -0.354. The van der Waals surface area contributed by atoms with Crippen LogP contribution in [0.25, 0.3) is 0 Å². The fraction of sp³-hybridized carbons (Fsp3) is 0.353. The van der Waals surface area contributed by atoms with E-state index in [-0.39, 0.29) is 11.1 Å². The zero-order chi connectivity index (χ0) is 19.3. The highest BCUT2D eigenvalue weighted by atomic mass is 35.5. The highest BCUT2D eigenvalue weighted by molar-refractivity contribution is 6.31. The third-order valence-corrected chi connectivity index (χ3v) is 4.37. The van der Waals surface area contributed by atoms with Gasteiger partial charge in [0.1, 0.15) is 0 Å². The summed E-state index contributed by atoms with van der Waals surface area (Å²) in [7, 11) is 0. The fourth-order valence-corrected chi connectivity index (χ4v) is 3.46. The molecule has 0 N–H and O–H groups in total. The molecule has 0 atom stereocenters. The summed E-state index contributed by atoms with van der Waals surface area (Å²) in [6, 6.07) is 4.63. The molecule has 0 spiro atoms. The third kappa shape index (κ3) is 2.96. The van der Waals surface area contributed by atoms with Crippen molar-refractivity contribution < 1.29 is 30.7 Å². The molecule has 1 aromatic carbocycles. The van der Waals surface area contributed by atoms with E-state index in [0.717, 1.165) is 12.1 Å². The third-order valence-electron chi connectivity index (χ3n) is 4.04. The van der Waals surface area contributed by atoms with Gasteiger partial charge in [0.25, 0.3) is 0 Å². The molecule has 0 heterocycles. The van der Waals surface area contributed by atoms with Gasteiger partial charge in [-0.05, 0) is 25.5 Å². The Kier molecular flexibility index (Phi) is 4.79. The van der Waals surface area contributed by atoms with Gasteiger partial charge in [-0.1, -0.05) is 53.1 Å². The van der Waals surface area contributed by atoms with E-state index < -0.39 is 34.0 Å². The van der Waals surface area contributed by atoms with Crippen molar-refractivity contribution >= 4 is 11.6 Å². The lowest BCUT2D eigenvalue weighted by Crippen LogP contribution is -2.65. The molecule has 0 saturated carbocycles. The maximum Gasteiger partial charge on any atom is 0.433 e. The predicted octanol–water partition coefficient (Wildman–Crippen LogP) is 6.52. The van der Waals surface area contributed by atoms with Crippen molar-refractivity contribution in [3.63, 3.8) is 0 Å². The SMILES string of the molecule is CC1=CC(c2ccccc2Cl)(C(F)(C(F)(F)F)C(F)(F)F)C=C(C)[CH]1. The van der Waals surface area contributed by atoms with Crippen LogP contribution in [0, 0.1) is 6.42 Å². The van der Waals surface area contributed by atoms with Crippen LogP contribution in [0.2, 0.25) is 5.02 Å². The molecule has 0 amide bonds. The smallest absolute Gasteiger partial charge is 0.222 e. The molecular formula is C17H13ClF7. The first-order valence-corrected chi connectivity index (χ1v) is 7.45. The Morgan fingerprint density at radius 3 is 1.64 bits per heavy atom. The highest BCUT2D eigenvalue weighted by Gasteiger charge is 2.81. The number of hydrogen-bond acceptors (Lipinski definition) is 0. The molecule has 0 saturated heterocycles. The van der Waals surface area contributed by atoms with Crippen LogP contribution in [0.5, 0.6) is 0 Å². The summed E-state index contributed by atoms with van der Waals surface area (Å²) in [5, 5.41) is -0.395. The van der Waals surface area contributed by atoms with E-state index in [1.165, 1.54) is 32.4 Å². The summed E-state index contributed by atoms with van der Waals surface area (Å²) in [6.45, 7) is 2.60. The van der Waals surface area contributed by atoms with E-state index in [9.17, 15) is 26.3 Å². The zero-order valence-electron chi connectivity index (χ0n) is 13.1. The van der Waals surface area contributed by atoms with Crippen LogP contribution in [-0.4, -0.2) is 18.0 Å². The Morgan fingerprint density at radius 1 is 0.800 bits per heavy atom. The number of rotatable bonds is 2. The number of benzene rings is 1. The Bertz CT molecular complexity index is 693. The second kappa shape index (κ2) is 6.04. The Morgan fingerprint density at radius 2 is 1.24 bits per heavy atom. The van der Waals surface area contributed by atoms with E-state index >= 15 is 4.39 Å². The minimum absolute atomic E-state index is 0.0652. The molecule has 0 fully saturated rings. The minimum atomic E-state index is -6.23. The number of hydrogen-bond donors (Lipinski definition) is 0. The van der Waals surface area contributed by atoms with Crippen LogP contribution in [0.1, 0.15) is 19.4 Å². The molecule has 0 aliphatic heterocycles. The molecule has 0 aromatic heterocycles. The molecule has 0 unspecified atom stereocenters. The molecule has 137 valence electrons. The Labute approximate surface area is 145 Å². The summed E-state index contributed by atoms with van der Waals surface area (Å²) in [6.07, 6.45) is -9.84. The molecule has 1 aromatic rings. The van der Waals surface area contributed by atoms with Gasteiger partial charge >= 0.3 is 18.0 Å². The van der Waals surface area contributed by atoms with Gasteiger partial charge in [-0.3, -0.25) is 0 Å². The van der Waals surface area contributed by atoms with Crippen molar-refractivity contribution in [1.29, 1.82) is 0 Å². The lowest BCUT2D eigenvalue weighted by Gasteiger charge is -2.45. The van der Waals surface area contributed by atoms with Crippen LogP contribution >= 0.6 is 11.6 Å². The largest absolute Gasteiger partial charge is 0.433 e. The average molecular weight is 386 g/mol. The van der Waals surface area contributed by atoms with E-state index in [1.807, 2.05) is 0 Å². The zero-order valence-corrected chi connectivity index (χ0v) is 13.8. The lowest BCUT2D eigenvalue weighted by atomic mass is 9.63. The summed E-state index contributed by atoms with van der Waals surface area (Å²) in [5.41, 5.74) is -9.22. The molecule has 0 bridgehead atoms. The highest BCUT2D eigenvalue weighted by Crippen LogP contribution is 2.60. The van der Waals surface area contributed by atoms with Crippen molar-refractivity contribution in [2.45, 2.75) is 37.3 Å². The van der Waals surface area contributed by atoms with Crippen molar-refractivity contribution in [2.24, 2.45) is 0 Å². The van der Waals surface area contributed by atoms with E-state index in [1.54, 1.807) is 0 Å². The predicted molar refractivity (Wildman–Crippen MR) is 80.9 cm³/mol. The van der Waals surface area contributed by atoms with Gasteiger partial charge in [0.2, 0.25) is 0 Å². The van der Waals surface area contributed by atoms with Crippen LogP contribution in [-0.2, 0) is 5.41 Å². The van der Waals surface area contributed by atoms with E-state index in [2.05, 4.69) is 0 Å². The van der Waals surface area contributed by atoms with Gasteiger partial charge in [0.15, 0.2) is 0 Å². The molecule has 25 heavy (non-hydrogen) atoms. The molecule has 1 aliphatic carbocycles. The second-order valence-electron chi connectivity index (χ2n) is 5.92. The van der Waals surface area contributed by atoms with Crippen LogP contribution < -0.4 is 0 Å². The number of alkyl halides is 7. The van der Waals surface area contributed by atoms with Crippen molar-refractivity contribution in [2.75, 3.05) is 0 Å². The van der Waals surface area contributed by atoms with Gasteiger partial charge in [0.05, 0.1) is 5.41 Å². The molecule has 8 heteroatoms. The van der Waals surface area contributed by atoms with Crippen molar-refractivity contribution in [1.82, 2.24) is 0 Å². The normalized spacial score (nSPS) is 18.6. The summed E-state index contributed by atoms with van der Waals surface area (Å²) in [4.78, 5) is 0. The molecule has 0 nitrogen and oxygen atoms in total. The van der Waals surface area contributed by atoms with Crippen LogP contribution in [0.3, 0.4) is 0 Å². The summed E-state index contributed by atoms with van der Waals surface area (Å²) >= 11 is 5.88. The van der Waals surface area contributed by atoms with Gasteiger partial charge in [-0.2, -0.15) is 26.3 Å². The summed E-state index contributed by atoms with van der Waals surface area (Å²) < 4.78 is 96.1. The first-order valence-electron chi connectivity index (χ1n) is 7.07. The van der Waals surface area contributed by atoms with Gasteiger partial charge in [-0.15, -0.1) is 0 Å².